The van der Waals surface area contributed by atoms with Crippen molar-refractivity contribution < 1.29 is 4.79 Å². The molecule has 2 nitrogen and oxygen atoms in total. The normalized spacial score (nSPS) is 10.1. The standard InChI is InChI=1S/C12H16ClNO/c1-4-5-11(15)14-12-8(2)6-10(13)7-9(12)3/h6-7H,4-5H2,1-3H3,(H,14,15). The van der Waals surface area contributed by atoms with Gasteiger partial charge in [0.05, 0.1) is 0 Å². The first kappa shape index (κ1) is 12.1. The highest BCUT2D eigenvalue weighted by atomic mass is 35.5. The van der Waals surface area contributed by atoms with Crippen LogP contribution in [0.2, 0.25) is 5.02 Å². The third-order valence-corrected chi connectivity index (χ3v) is 2.46. The molecular formula is C12H16ClNO. The topological polar surface area (TPSA) is 29.1 Å². The summed E-state index contributed by atoms with van der Waals surface area (Å²) >= 11 is 5.91. The van der Waals surface area contributed by atoms with E-state index in [2.05, 4.69) is 5.32 Å². The van der Waals surface area contributed by atoms with Gasteiger partial charge in [-0.25, -0.2) is 0 Å². The van der Waals surface area contributed by atoms with E-state index in [-0.39, 0.29) is 5.91 Å². The zero-order valence-electron chi connectivity index (χ0n) is 9.36. The van der Waals surface area contributed by atoms with Crippen molar-refractivity contribution >= 4 is 23.2 Å². The number of carbonyl (C=O) groups excluding carboxylic acids is 1. The Morgan fingerprint density at radius 1 is 1.33 bits per heavy atom. The number of hydrogen-bond acceptors (Lipinski definition) is 1. The van der Waals surface area contributed by atoms with Gasteiger partial charge in [-0.1, -0.05) is 18.5 Å². The summed E-state index contributed by atoms with van der Waals surface area (Å²) in [5.74, 6) is 0.0611. The molecule has 0 aromatic heterocycles. The maximum Gasteiger partial charge on any atom is 0.224 e. The molecule has 1 aromatic rings. The van der Waals surface area contributed by atoms with Crippen molar-refractivity contribution in [2.75, 3.05) is 5.32 Å². The van der Waals surface area contributed by atoms with Crippen LogP contribution in [0.3, 0.4) is 0 Å². The molecule has 1 amide bonds. The highest BCUT2D eigenvalue weighted by molar-refractivity contribution is 6.30. The number of halogens is 1. The highest BCUT2D eigenvalue weighted by Crippen LogP contribution is 2.24. The molecule has 1 aromatic carbocycles. The third kappa shape index (κ3) is 3.24. The van der Waals surface area contributed by atoms with E-state index in [0.717, 1.165) is 23.2 Å². The van der Waals surface area contributed by atoms with E-state index in [0.29, 0.717) is 11.4 Å². The summed E-state index contributed by atoms with van der Waals surface area (Å²) < 4.78 is 0. The Kier molecular flexibility index (Phi) is 4.15. The van der Waals surface area contributed by atoms with Crippen molar-refractivity contribution in [2.45, 2.75) is 33.6 Å². The van der Waals surface area contributed by atoms with E-state index in [4.69, 9.17) is 11.6 Å². The smallest absolute Gasteiger partial charge is 0.224 e. The predicted molar refractivity (Wildman–Crippen MR) is 64.5 cm³/mol. The maximum atomic E-state index is 11.5. The molecule has 3 heteroatoms. The van der Waals surface area contributed by atoms with Gasteiger partial charge >= 0.3 is 0 Å². The van der Waals surface area contributed by atoms with E-state index in [9.17, 15) is 4.79 Å². The van der Waals surface area contributed by atoms with Crippen molar-refractivity contribution in [3.63, 3.8) is 0 Å². The van der Waals surface area contributed by atoms with Crippen LogP contribution in [0.1, 0.15) is 30.9 Å². The van der Waals surface area contributed by atoms with Gasteiger partial charge in [0.25, 0.3) is 0 Å². The lowest BCUT2D eigenvalue weighted by molar-refractivity contribution is -0.116. The summed E-state index contributed by atoms with van der Waals surface area (Å²) in [6.45, 7) is 5.88. The molecule has 0 atom stereocenters. The first-order valence-electron chi connectivity index (χ1n) is 5.11. The minimum Gasteiger partial charge on any atom is -0.326 e. The number of hydrogen-bond donors (Lipinski definition) is 1. The second-order valence-corrected chi connectivity index (χ2v) is 4.15. The second-order valence-electron chi connectivity index (χ2n) is 3.71. The van der Waals surface area contributed by atoms with E-state index < -0.39 is 0 Å². The largest absolute Gasteiger partial charge is 0.326 e. The van der Waals surface area contributed by atoms with Gasteiger partial charge in [-0.3, -0.25) is 4.79 Å². The monoisotopic (exact) mass is 225 g/mol. The quantitative estimate of drug-likeness (QED) is 0.835. The Labute approximate surface area is 95.6 Å². The number of carbonyl (C=O) groups is 1. The minimum absolute atomic E-state index is 0.0611. The summed E-state index contributed by atoms with van der Waals surface area (Å²) in [6, 6.07) is 3.71. The number of amides is 1. The predicted octanol–water partition coefficient (Wildman–Crippen LogP) is 3.70. The van der Waals surface area contributed by atoms with Crippen LogP contribution >= 0.6 is 11.6 Å². The van der Waals surface area contributed by atoms with Gasteiger partial charge in [-0.05, 0) is 43.5 Å². The van der Waals surface area contributed by atoms with Gasteiger partial charge in [0.2, 0.25) is 5.91 Å². The summed E-state index contributed by atoms with van der Waals surface area (Å²) in [5, 5.41) is 3.62. The number of rotatable bonds is 3. The van der Waals surface area contributed by atoms with Crippen molar-refractivity contribution in [3.05, 3.63) is 28.3 Å². The molecule has 0 heterocycles. The molecule has 1 rings (SSSR count). The van der Waals surface area contributed by atoms with Crippen LogP contribution in [0.4, 0.5) is 5.69 Å². The Morgan fingerprint density at radius 3 is 2.33 bits per heavy atom. The molecule has 0 fully saturated rings. The van der Waals surface area contributed by atoms with Crippen LogP contribution in [0, 0.1) is 13.8 Å². The number of anilines is 1. The lowest BCUT2D eigenvalue weighted by Gasteiger charge is -2.11. The average molecular weight is 226 g/mol. The van der Waals surface area contributed by atoms with Gasteiger partial charge in [0, 0.05) is 17.1 Å². The Morgan fingerprint density at radius 2 is 1.87 bits per heavy atom. The molecule has 0 radical (unpaired) electrons. The molecule has 0 spiro atoms. The molecule has 82 valence electrons. The van der Waals surface area contributed by atoms with Gasteiger partial charge in [0.1, 0.15) is 0 Å². The molecule has 0 unspecified atom stereocenters. The first-order chi connectivity index (χ1) is 7.04. The fourth-order valence-corrected chi connectivity index (χ4v) is 1.86. The Hall–Kier alpha value is -1.02. The van der Waals surface area contributed by atoms with Crippen LogP contribution in [-0.2, 0) is 4.79 Å². The van der Waals surface area contributed by atoms with E-state index in [1.807, 2.05) is 32.9 Å². The lowest BCUT2D eigenvalue weighted by atomic mass is 10.1. The summed E-state index contributed by atoms with van der Waals surface area (Å²) in [4.78, 5) is 11.5. The summed E-state index contributed by atoms with van der Waals surface area (Å²) in [7, 11) is 0. The fraction of sp³-hybridized carbons (Fsp3) is 0.417. The molecular weight excluding hydrogens is 210 g/mol. The highest BCUT2D eigenvalue weighted by Gasteiger charge is 2.07. The van der Waals surface area contributed by atoms with Crippen LogP contribution in [0.5, 0.6) is 0 Å². The number of benzene rings is 1. The zero-order chi connectivity index (χ0) is 11.4. The number of nitrogens with one attached hydrogen (secondary N) is 1. The van der Waals surface area contributed by atoms with Gasteiger partial charge < -0.3 is 5.32 Å². The molecule has 0 aliphatic heterocycles. The van der Waals surface area contributed by atoms with Gasteiger partial charge in [-0.2, -0.15) is 0 Å². The molecule has 0 saturated carbocycles. The van der Waals surface area contributed by atoms with E-state index in [1.54, 1.807) is 0 Å². The molecule has 0 bridgehead atoms. The van der Waals surface area contributed by atoms with Crippen LogP contribution < -0.4 is 5.32 Å². The van der Waals surface area contributed by atoms with Crippen molar-refractivity contribution in [1.82, 2.24) is 0 Å². The average Bonchev–Trinajstić information content (AvgIpc) is 2.11. The van der Waals surface area contributed by atoms with Crippen LogP contribution in [0.25, 0.3) is 0 Å². The SMILES string of the molecule is CCCC(=O)Nc1c(C)cc(Cl)cc1C. The van der Waals surface area contributed by atoms with Gasteiger partial charge in [-0.15, -0.1) is 0 Å². The number of aryl methyl sites for hydroxylation is 2. The summed E-state index contributed by atoms with van der Waals surface area (Å²) in [6.07, 6.45) is 1.42. The maximum absolute atomic E-state index is 11.5. The second kappa shape index (κ2) is 5.17. The molecule has 15 heavy (non-hydrogen) atoms. The first-order valence-corrected chi connectivity index (χ1v) is 5.49. The molecule has 0 saturated heterocycles. The Balaban J connectivity index is 2.90. The molecule has 0 aliphatic carbocycles. The van der Waals surface area contributed by atoms with Crippen LogP contribution in [-0.4, -0.2) is 5.91 Å². The summed E-state index contributed by atoms with van der Waals surface area (Å²) in [5.41, 5.74) is 2.90. The molecule has 0 aliphatic rings. The van der Waals surface area contributed by atoms with Gasteiger partial charge in [0.15, 0.2) is 0 Å². The minimum atomic E-state index is 0.0611. The van der Waals surface area contributed by atoms with Crippen molar-refractivity contribution in [3.8, 4) is 0 Å². The van der Waals surface area contributed by atoms with Crippen LogP contribution in [0.15, 0.2) is 12.1 Å². The third-order valence-electron chi connectivity index (χ3n) is 2.24. The fourth-order valence-electron chi connectivity index (χ4n) is 1.54. The van der Waals surface area contributed by atoms with E-state index in [1.165, 1.54) is 0 Å². The lowest BCUT2D eigenvalue weighted by Crippen LogP contribution is -2.12. The van der Waals surface area contributed by atoms with E-state index >= 15 is 0 Å². The molecule has 1 N–H and O–H groups in total. The van der Waals surface area contributed by atoms with Crippen molar-refractivity contribution in [1.29, 1.82) is 0 Å². The zero-order valence-corrected chi connectivity index (χ0v) is 10.1. The van der Waals surface area contributed by atoms with Crippen molar-refractivity contribution in [2.24, 2.45) is 0 Å². The Bertz CT molecular complexity index is 351.